The Morgan fingerprint density at radius 1 is 0.581 bits per heavy atom. The van der Waals surface area contributed by atoms with Gasteiger partial charge in [0.25, 0.3) is 0 Å². The van der Waals surface area contributed by atoms with Crippen molar-refractivity contribution in [2.75, 3.05) is 0 Å². The van der Waals surface area contributed by atoms with Crippen molar-refractivity contribution in [1.29, 1.82) is 0 Å². The predicted molar refractivity (Wildman–Crippen MR) is 121 cm³/mol. The van der Waals surface area contributed by atoms with Gasteiger partial charge in [0.15, 0.2) is 5.76 Å². The molecule has 4 aromatic carbocycles. The number of benzene rings is 4. The number of nitrogens with zero attached hydrogens (tertiary/aromatic N) is 1. The van der Waals surface area contributed by atoms with Crippen molar-refractivity contribution < 1.29 is 8.81 Å². The zero-order chi connectivity index (χ0) is 21.0. The molecule has 0 spiro atoms. The fourth-order valence-corrected chi connectivity index (χ4v) is 3.84. The van der Waals surface area contributed by atoms with Crippen LogP contribution in [0.1, 0.15) is 22.7 Å². The van der Waals surface area contributed by atoms with Gasteiger partial charge >= 0.3 is 0 Å². The Balaban J connectivity index is 1.75. The molecular formula is C28H20FNO. The van der Waals surface area contributed by atoms with Crippen molar-refractivity contribution in [3.8, 4) is 22.8 Å². The lowest BCUT2D eigenvalue weighted by molar-refractivity contribution is 0.587. The van der Waals surface area contributed by atoms with Crippen LogP contribution in [0, 0.1) is 5.82 Å². The molecule has 1 unspecified atom stereocenters. The number of halogens is 1. The normalized spacial score (nSPS) is 11.9. The van der Waals surface area contributed by atoms with Gasteiger partial charge in [-0.05, 0) is 35.4 Å². The second-order valence-electron chi connectivity index (χ2n) is 7.36. The topological polar surface area (TPSA) is 26.0 Å². The maximum absolute atomic E-state index is 13.7. The highest BCUT2D eigenvalue weighted by Crippen LogP contribution is 2.40. The molecule has 1 heterocycles. The molecule has 0 saturated carbocycles. The van der Waals surface area contributed by atoms with Crippen molar-refractivity contribution in [1.82, 2.24) is 4.98 Å². The van der Waals surface area contributed by atoms with Crippen LogP contribution in [0.25, 0.3) is 22.8 Å². The number of oxazole rings is 1. The smallest absolute Gasteiger partial charge is 0.227 e. The quantitative estimate of drug-likeness (QED) is 0.306. The van der Waals surface area contributed by atoms with Gasteiger partial charge in [-0.1, -0.05) is 91.0 Å². The largest absolute Gasteiger partial charge is 0.436 e. The summed E-state index contributed by atoms with van der Waals surface area (Å²) in [5.74, 6) is 0.831. The number of aromatic nitrogens is 1. The molecule has 3 heteroatoms. The van der Waals surface area contributed by atoms with Crippen LogP contribution in [0.5, 0.6) is 0 Å². The fraction of sp³-hybridized carbons (Fsp3) is 0.0357. The van der Waals surface area contributed by atoms with E-state index in [1.54, 1.807) is 0 Å². The first-order valence-electron chi connectivity index (χ1n) is 10.2. The van der Waals surface area contributed by atoms with E-state index < -0.39 is 0 Å². The minimum atomic E-state index is -0.260. The van der Waals surface area contributed by atoms with Crippen LogP contribution in [0.3, 0.4) is 0 Å². The van der Waals surface area contributed by atoms with Crippen LogP contribution < -0.4 is 0 Å². The Morgan fingerprint density at radius 3 is 1.71 bits per heavy atom. The summed E-state index contributed by atoms with van der Waals surface area (Å²) in [5, 5.41) is 0. The van der Waals surface area contributed by atoms with Gasteiger partial charge in [0.05, 0.1) is 11.6 Å². The minimum Gasteiger partial charge on any atom is -0.436 e. The average Bonchev–Trinajstić information content (AvgIpc) is 3.27. The molecule has 5 aromatic rings. The third-order valence-corrected chi connectivity index (χ3v) is 5.32. The molecule has 0 radical (unpaired) electrons. The standard InChI is InChI=1S/C28H20FNO/c29-24-18-16-21(17-19-24)25(20-10-4-1-5-11-20)26-27(22-12-6-2-7-13-22)31-28(30-26)23-14-8-3-9-15-23/h1-19,25H. The molecule has 0 aliphatic rings. The number of rotatable bonds is 5. The van der Waals surface area contributed by atoms with Crippen molar-refractivity contribution >= 4 is 0 Å². The SMILES string of the molecule is Fc1ccc(C(c2ccccc2)c2nc(-c3ccccc3)oc2-c2ccccc2)cc1. The zero-order valence-corrected chi connectivity index (χ0v) is 16.8. The van der Waals surface area contributed by atoms with E-state index in [2.05, 4.69) is 12.1 Å². The molecule has 1 atom stereocenters. The first-order chi connectivity index (χ1) is 15.3. The monoisotopic (exact) mass is 405 g/mol. The fourth-order valence-electron chi connectivity index (χ4n) is 3.84. The van der Waals surface area contributed by atoms with Gasteiger partial charge in [-0.25, -0.2) is 9.37 Å². The summed E-state index contributed by atoms with van der Waals surface area (Å²) in [6.07, 6.45) is 0. The van der Waals surface area contributed by atoms with Gasteiger partial charge in [-0.2, -0.15) is 0 Å². The van der Waals surface area contributed by atoms with E-state index in [0.29, 0.717) is 5.89 Å². The molecule has 0 fully saturated rings. The van der Waals surface area contributed by atoms with Crippen molar-refractivity contribution in [2.24, 2.45) is 0 Å². The van der Waals surface area contributed by atoms with Gasteiger partial charge < -0.3 is 4.42 Å². The van der Waals surface area contributed by atoms with E-state index in [-0.39, 0.29) is 11.7 Å². The molecular weight excluding hydrogens is 385 g/mol. The maximum atomic E-state index is 13.7. The summed E-state index contributed by atoms with van der Waals surface area (Å²) in [6, 6.07) is 36.6. The molecule has 0 amide bonds. The summed E-state index contributed by atoms with van der Waals surface area (Å²) in [6.45, 7) is 0. The van der Waals surface area contributed by atoms with Gasteiger partial charge in [0.1, 0.15) is 5.82 Å². The highest BCUT2D eigenvalue weighted by Gasteiger charge is 2.26. The zero-order valence-electron chi connectivity index (χ0n) is 16.8. The van der Waals surface area contributed by atoms with Gasteiger partial charge in [-0.3, -0.25) is 0 Å². The second-order valence-corrected chi connectivity index (χ2v) is 7.36. The third kappa shape index (κ3) is 3.90. The summed E-state index contributed by atoms with van der Waals surface area (Å²) in [5.41, 5.74) is 4.70. The van der Waals surface area contributed by atoms with Crippen molar-refractivity contribution in [2.45, 2.75) is 5.92 Å². The highest BCUT2D eigenvalue weighted by atomic mass is 19.1. The molecule has 150 valence electrons. The molecule has 0 N–H and O–H groups in total. The molecule has 0 aliphatic carbocycles. The first-order valence-corrected chi connectivity index (χ1v) is 10.2. The lowest BCUT2D eigenvalue weighted by Crippen LogP contribution is -2.05. The molecule has 2 nitrogen and oxygen atoms in total. The van der Waals surface area contributed by atoms with E-state index in [9.17, 15) is 4.39 Å². The van der Waals surface area contributed by atoms with Gasteiger partial charge in [-0.15, -0.1) is 0 Å². The van der Waals surface area contributed by atoms with E-state index in [0.717, 1.165) is 33.7 Å². The lowest BCUT2D eigenvalue weighted by atomic mass is 9.87. The predicted octanol–water partition coefficient (Wildman–Crippen LogP) is 7.33. The molecule has 1 aromatic heterocycles. The summed E-state index contributed by atoms with van der Waals surface area (Å²) < 4.78 is 20.0. The Kier molecular flexibility index (Phi) is 5.16. The van der Waals surface area contributed by atoms with Crippen LogP contribution in [0.2, 0.25) is 0 Å². The second kappa shape index (κ2) is 8.41. The van der Waals surface area contributed by atoms with Crippen LogP contribution in [-0.2, 0) is 0 Å². The van der Waals surface area contributed by atoms with E-state index in [4.69, 9.17) is 9.40 Å². The Labute approximate surface area is 180 Å². The van der Waals surface area contributed by atoms with Crippen molar-refractivity contribution in [3.05, 3.63) is 138 Å². The van der Waals surface area contributed by atoms with E-state index >= 15 is 0 Å². The molecule has 0 aliphatic heterocycles. The van der Waals surface area contributed by atoms with E-state index in [1.807, 2.05) is 91.0 Å². The molecule has 0 saturated heterocycles. The number of hydrogen-bond acceptors (Lipinski definition) is 2. The summed E-state index contributed by atoms with van der Waals surface area (Å²) in [7, 11) is 0. The lowest BCUT2D eigenvalue weighted by Gasteiger charge is -2.17. The van der Waals surface area contributed by atoms with Gasteiger partial charge in [0, 0.05) is 11.1 Å². The highest BCUT2D eigenvalue weighted by molar-refractivity contribution is 5.67. The van der Waals surface area contributed by atoms with Crippen LogP contribution in [-0.4, -0.2) is 4.98 Å². The van der Waals surface area contributed by atoms with Crippen LogP contribution in [0.15, 0.2) is 120 Å². The van der Waals surface area contributed by atoms with Crippen LogP contribution >= 0.6 is 0 Å². The Bertz CT molecular complexity index is 1260. The minimum absolute atomic E-state index is 0.196. The summed E-state index contributed by atoms with van der Waals surface area (Å²) >= 11 is 0. The maximum Gasteiger partial charge on any atom is 0.227 e. The average molecular weight is 405 g/mol. The van der Waals surface area contributed by atoms with Gasteiger partial charge in [0.2, 0.25) is 5.89 Å². The third-order valence-electron chi connectivity index (χ3n) is 5.32. The Morgan fingerprint density at radius 2 is 1.10 bits per heavy atom. The molecule has 5 rings (SSSR count). The number of hydrogen-bond donors (Lipinski definition) is 0. The Hall–Kier alpha value is -3.98. The molecule has 0 bridgehead atoms. The van der Waals surface area contributed by atoms with E-state index in [1.165, 1.54) is 12.1 Å². The first kappa shape index (κ1) is 19.0. The van der Waals surface area contributed by atoms with Crippen molar-refractivity contribution in [3.63, 3.8) is 0 Å². The summed E-state index contributed by atoms with van der Waals surface area (Å²) in [4.78, 5) is 4.97. The van der Waals surface area contributed by atoms with Crippen LogP contribution in [0.4, 0.5) is 4.39 Å². The molecule has 31 heavy (non-hydrogen) atoms.